The van der Waals surface area contributed by atoms with Crippen molar-refractivity contribution in [2.75, 3.05) is 13.2 Å². The van der Waals surface area contributed by atoms with Gasteiger partial charge in [0.25, 0.3) is 0 Å². The van der Waals surface area contributed by atoms with Crippen LogP contribution in [0.4, 0.5) is 0 Å². The molecule has 0 aliphatic heterocycles. The normalized spacial score (nSPS) is 11.1. The Hall–Kier alpha value is -2.70. The van der Waals surface area contributed by atoms with Crippen LogP contribution in [0.2, 0.25) is 0 Å². The van der Waals surface area contributed by atoms with Gasteiger partial charge in [-0.05, 0) is 24.8 Å². The lowest BCUT2D eigenvalue weighted by Crippen LogP contribution is -2.38. The zero-order valence-electron chi connectivity index (χ0n) is 19.6. The van der Waals surface area contributed by atoms with Crippen molar-refractivity contribution < 1.29 is 28.7 Å². The van der Waals surface area contributed by atoms with Gasteiger partial charge in [0, 0.05) is 37.7 Å². The smallest absolute Gasteiger partial charge is 0.302 e. The third-order valence-corrected chi connectivity index (χ3v) is 5.44. The molecule has 1 aromatic rings. The van der Waals surface area contributed by atoms with Crippen LogP contribution in [0.15, 0.2) is 24.3 Å². The van der Waals surface area contributed by atoms with E-state index in [9.17, 15) is 19.2 Å². The first-order chi connectivity index (χ1) is 15.2. The van der Waals surface area contributed by atoms with Gasteiger partial charge in [-0.3, -0.25) is 19.2 Å². The third kappa shape index (κ3) is 11.1. The average molecular weight is 448 g/mol. The molecule has 0 atom stereocenters. The first-order valence-corrected chi connectivity index (χ1v) is 11.3. The van der Waals surface area contributed by atoms with E-state index in [1.54, 1.807) is 0 Å². The molecular weight excluding hydrogens is 410 g/mol. The van der Waals surface area contributed by atoms with Crippen molar-refractivity contribution in [1.29, 1.82) is 0 Å². The van der Waals surface area contributed by atoms with Crippen molar-refractivity contribution in [3.8, 4) is 0 Å². The van der Waals surface area contributed by atoms with Crippen LogP contribution >= 0.6 is 0 Å². The summed E-state index contributed by atoms with van der Waals surface area (Å²) in [7, 11) is 0. The summed E-state index contributed by atoms with van der Waals surface area (Å²) < 4.78 is 10.3. The topological polar surface area (TPSA) is 113 Å². The number of primary amides is 1. The van der Waals surface area contributed by atoms with E-state index in [0.29, 0.717) is 24.8 Å². The highest BCUT2D eigenvalue weighted by Crippen LogP contribution is 2.30. The third-order valence-electron chi connectivity index (χ3n) is 5.44. The first-order valence-electron chi connectivity index (χ1n) is 11.3. The highest BCUT2D eigenvalue weighted by atomic mass is 16.5. The van der Waals surface area contributed by atoms with Crippen LogP contribution in [0.3, 0.4) is 0 Å². The van der Waals surface area contributed by atoms with Crippen molar-refractivity contribution >= 4 is 23.6 Å². The number of ketones is 1. The average Bonchev–Trinajstić information content (AvgIpc) is 2.74. The minimum absolute atomic E-state index is 0.0762. The number of carbonyl (C=O) groups is 4. The molecule has 7 heteroatoms. The van der Waals surface area contributed by atoms with E-state index in [-0.39, 0.29) is 25.4 Å². The zero-order valence-corrected chi connectivity index (χ0v) is 19.6. The van der Waals surface area contributed by atoms with Crippen LogP contribution in [0.1, 0.15) is 88.1 Å². The number of nitrogens with two attached hydrogens (primary N) is 1. The summed E-state index contributed by atoms with van der Waals surface area (Å²) in [5.74, 6) is -1.40. The van der Waals surface area contributed by atoms with E-state index in [2.05, 4.69) is 6.92 Å². The fourth-order valence-corrected chi connectivity index (χ4v) is 3.56. The minimum Gasteiger partial charge on any atom is -0.465 e. The van der Waals surface area contributed by atoms with Crippen LogP contribution in [-0.4, -0.2) is 36.8 Å². The number of carbonyl (C=O) groups excluding carboxylic acids is 4. The molecule has 0 saturated carbocycles. The molecule has 178 valence electrons. The molecule has 1 amide bonds. The lowest BCUT2D eigenvalue weighted by atomic mass is 9.80. The second-order valence-electron chi connectivity index (χ2n) is 8.49. The van der Waals surface area contributed by atoms with Crippen molar-refractivity contribution in [2.24, 2.45) is 11.1 Å². The standard InChI is InChI=1S/C25H37NO6/c1-4-5-6-7-8-9-23(29)22-12-10-21(11-13-22)14-15-25(16-24(26)30,17-31-19(2)27)18-32-20(3)28/h10-13H,4-9,14-18H2,1-3H3,(H2,26,30). The maximum Gasteiger partial charge on any atom is 0.302 e. The van der Waals surface area contributed by atoms with E-state index in [1.165, 1.54) is 26.7 Å². The number of hydrogen-bond donors (Lipinski definition) is 1. The second-order valence-corrected chi connectivity index (χ2v) is 8.49. The zero-order chi connectivity index (χ0) is 24.0. The molecule has 0 aliphatic carbocycles. The maximum absolute atomic E-state index is 12.4. The molecular formula is C25H37NO6. The highest BCUT2D eigenvalue weighted by Gasteiger charge is 2.35. The lowest BCUT2D eigenvalue weighted by molar-refractivity contribution is -0.154. The SMILES string of the molecule is CCCCCCCC(=O)c1ccc(CCC(COC(C)=O)(COC(C)=O)CC(N)=O)cc1. The van der Waals surface area contributed by atoms with Crippen molar-refractivity contribution in [3.63, 3.8) is 0 Å². The van der Waals surface area contributed by atoms with Gasteiger partial charge in [-0.25, -0.2) is 0 Å². The molecule has 2 N–H and O–H groups in total. The predicted octanol–water partition coefficient (Wildman–Crippen LogP) is 4.15. The van der Waals surface area contributed by atoms with Crippen molar-refractivity contribution in [3.05, 3.63) is 35.4 Å². The molecule has 0 saturated heterocycles. The van der Waals surface area contributed by atoms with Gasteiger partial charge in [0.15, 0.2) is 5.78 Å². The Balaban J connectivity index is 2.78. The Morgan fingerprint density at radius 1 is 0.875 bits per heavy atom. The van der Waals surface area contributed by atoms with Gasteiger partial charge >= 0.3 is 11.9 Å². The molecule has 0 aromatic heterocycles. The molecule has 0 aliphatic rings. The summed E-state index contributed by atoms with van der Waals surface area (Å²) in [5.41, 5.74) is 6.17. The lowest BCUT2D eigenvalue weighted by Gasteiger charge is -2.31. The number of rotatable bonds is 16. The van der Waals surface area contributed by atoms with Gasteiger partial charge in [0.05, 0.1) is 0 Å². The Morgan fingerprint density at radius 3 is 1.94 bits per heavy atom. The Labute approximate surface area is 191 Å². The molecule has 0 unspecified atom stereocenters. The summed E-state index contributed by atoms with van der Waals surface area (Å²) in [6.07, 6.45) is 6.95. The summed E-state index contributed by atoms with van der Waals surface area (Å²) in [4.78, 5) is 46.7. The maximum atomic E-state index is 12.4. The fraction of sp³-hybridized carbons (Fsp3) is 0.600. The number of aryl methyl sites for hydroxylation is 1. The number of amides is 1. The molecule has 0 spiro atoms. The van der Waals surface area contributed by atoms with Gasteiger partial charge < -0.3 is 15.2 Å². The van der Waals surface area contributed by atoms with E-state index >= 15 is 0 Å². The number of ether oxygens (including phenoxy) is 2. The molecule has 1 rings (SSSR count). The van der Waals surface area contributed by atoms with Gasteiger partial charge in [0.1, 0.15) is 13.2 Å². The van der Waals surface area contributed by atoms with E-state index in [0.717, 1.165) is 24.8 Å². The molecule has 1 aromatic carbocycles. The Morgan fingerprint density at radius 2 is 1.44 bits per heavy atom. The van der Waals surface area contributed by atoms with E-state index in [1.807, 2.05) is 24.3 Å². The molecule has 0 radical (unpaired) electrons. The number of unbranched alkanes of at least 4 members (excludes halogenated alkanes) is 4. The Kier molecular flexibility index (Phi) is 12.3. The highest BCUT2D eigenvalue weighted by molar-refractivity contribution is 5.96. The van der Waals surface area contributed by atoms with E-state index in [4.69, 9.17) is 15.2 Å². The van der Waals surface area contributed by atoms with Gasteiger partial charge in [-0.15, -0.1) is 0 Å². The van der Waals surface area contributed by atoms with Crippen LogP contribution < -0.4 is 5.73 Å². The summed E-state index contributed by atoms with van der Waals surface area (Å²) in [6.45, 7) is 4.57. The summed E-state index contributed by atoms with van der Waals surface area (Å²) >= 11 is 0. The Bertz CT molecular complexity index is 738. The minimum atomic E-state index is -0.907. The van der Waals surface area contributed by atoms with Gasteiger partial charge in [-0.1, -0.05) is 56.9 Å². The summed E-state index contributed by atoms with van der Waals surface area (Å²) in [6, 6.07) is 7.41. The summed E-state index contributed by atoms with van der Waals surface area (Å²) in [5, 5.41) is 0. The number of benzene rings is 1. The molecule has 0 bridgehead atoms. The number of Topliss-reactive ketones (excluding diaryl/α,β-unsaturated/α-hetero) is 1. The van der Waals surface area contributed by atoms with Crippen molar-refractivity contribution in [1.82, 2.24) is 0 Å². The van der Waals surface area contributed by atoms with Crippen LogP contribution in [0.5, 0.6) is 0 Å². The van der Waals surface area contributed by atoms with Crippen molar-refractivity contribution in [2.45, 2.75) is 78.6 Å². The van der Waals surface area contributed by atoms with Crippen LogP contribution in [0.25, 0.3) is 0 Å². The number of hydrogen-bond acceptors (Lipinski definition) is 6. The fourth-order valence-electron chi connectivity index (χ4n) is 3.56. The van der Waals surface area contributed by atoms with Gasteiger partial charge in [-0.2, -0.15) is 0 Å². The number of esters is 2. The monoisotopic (exact) mass is 447 g/mol. The second kappa shape index (κ2) is 14.4. The first kappa shape index (κ1) is 27.3. The van der Waals surface area contributed by atoms with Gasteiger partial charge in [0.2, 0.25) is 5.91 Å². The van der Waals surface area contributed by atoms with Crippen LogP contribution in [-0.2, 0) is 30.3 Å². The molecule has 7 nitrogen and oxygen atoms in total. The quantitative estimate of drug-likeness (QED) is 0.231. The molecule has 0 fully saturated rings. The largest absolute Gasteiger partial charge is 0.465 e. The van der Waals surface area contributed by atoms with Crippen LogP contribution in [0, 0.1) is 5.41 Å². The predicted molar refractivity (Wildman–Crippen MR) is 122 cm³/mol. The molecule has 0 heterocycles. The molecule has 32 heavy (non-hydrogen) atoms. The van der Waals surface area contributed by atoms with E-state index < -0.39 is 23.3 Å².